The van der Waals surface area contributed by atoms with Gasteiger partial charge in [0, 0.05) is 28.4 Å². The monoisotopic (exact) mass is 359 g/mol. The number of aliphatic imine (C=N–C) groups is 1. The minimum absolute atomic E-state index is 0.00536. The van der Waals surface area contributed by atoms with Crippen LogP contribution in [0.5, 0.6) is 0 Å². The number of nitrogens with zero attached hydrogens (tertiary/aromatic N) is 1. The highest BCUT2D eigenvalue weighted by Crippen LogP contribution is 2.30. The van der Waals surface area contributed by atoms with E-state index in [4.69, 9.17) is 9.73 Å². The number of carbonyl (C=O) groups excluding carboxylic acids is 1. The third kappa shape index (κ3) is 2.91. The Bertz CT molecular complexity index is 1160. The van der Waals surface area contributed by atoms with Crippen molar-refractivity contribution in [3.05, 3.63) is 76.1 Å². The molecule has 0 radical (unpaired) electrons. The van der Waals surface area contributed by atoms with Crippen LogP contribution in [0.4, 0.5) is 0 Å². The molecule has 1 aliphatic heterocycles. The number of aryl methyl sites for hydroxylation is 2. The number of ketones is 1. The van der Waals surface area contributed by atoms with Gasteiger partial charge in [0.15, 0.2) is 5.78 Å². The number of nitrogens with one attached hydrogen (secondary N) is 2. The molecular weight excluding hydrogens is 338 g/mol. The van der Waals surface area contributed by atoms with Gasteiger partial charge in [-0.05, 0) is 44.5 Å². The standard InChI is InChI=1S/C22H21N3O2/c1-12-9-13(2)23-17(12)10-18-20(27-4)11-19(24-18)22-21(14(3)26)15-7-5-6-8-16(15)25-22/h5-11,23,25H,1-4H3/b18-10-. The number of benzene rings is 1. The molecule has 1 aromatic carbocycles. The molecule has 27 heavy (non-hydrogen) atoms. The first-order valence-electron chi connectivity index (χ1n) is 8.82. The van der Waals surface area contributed by atoms with E-state index in [1.54, 1.807) is 14.0 Å². The predicted molar refractivity (Wildman–Crippen MR) is 108 cm³/mol. The molecule has 5 heteroatoms. The summed E-state index contributed by atoms with van der Waals surface area (Å²) in [6.45, 7) is 5.66. The Morgan fingerprint density at radius 2 is 1.96 bits per heavy atom. The van der Waals surface area contributed by atoms with Gasteiger partial charge in [0.2, 0.25) is 0 Å². The molecule has 3 heterocycles. The molecule has 3 aromatic rings. The van der Waals surface area contributed by atoms with E-state index in [1.165, 1.54) is 0 Å². The average Bonchev–Trinajstić information content (AvgIpc) is 3.29. The molecule has 5 nitrogen and oxygen atoms in total. The second-order valence-corrected chi connectivity index (χ2v) is 6.77. The summed E-state index contributed by atoms with van der Waals surface area (Å²) in [5, 5.41) is 0.906. The van der Waals surface area contributed by atoms with Gasteiger partial charge >= 0.3 is 0 Å². The lowest BCUT2D eigenvalue weighted by Gasteiger charge is -2.01. The van der Waals surface area contributed by atoms with Crippen LogP contribution >= 0.6 is 0 Å². The van der Waals surface area contributed by atoms with E-state index in [-0.39, 0.29) is 5.78 Å². The number of carbonyl (C=O) groups is 1. The largest absolute Gasteiger partial charge is 0.494 e. The number of fused-ring (bicyclic) bond motifs is 1. The lowest BCUT2D eigenvalue weighted by Crippen LogP contribution is -2.03. The van der Waals surface area contributed by atoms with Crippen LogP contribution in [0.1, 0.15) is 39.9 Å². The molecule has 2 aromatic heterocycles. The zero-order valence-corrected chi connectivity index (χ0v) is 15.8. The van der Waals surface area contributed by atoms with Crippen LogP contribution in [0.25, 0.3) is 17.0 Å². The Morgan fingerprint density at radius 1 is 1.19 bits per heavy atom. The van der Waals surface area contributed by atoms with E-state index in [0.29, 0.717) is 17.0 Å². The van der Waals surface area contributed by atoms with E-state index in [1.807, 2.05) is 43.3 Å². The molecule has 136 valence electrons. The minimum atomic E-state index is 0.00536. The van der Waals surface area contributed by atoms with Crippen LogP contribution in [0.3, 0.4) is 0 Å². The van der Waals surface area contributed by atoms with Crippen molar-refractivity contribution in [3.8, 4) is 0 Å². The summed E-state index contributed by atoms with van der Waals surface area (Å²) in [7, 11) is 1.63. The van der Waals surface area contributed by atoms with E-state index >= 15 is 0 Å². The van der Waals surface area contributed by atoms with Crippen LogP contribution in [0, 0.1) is 13.8 Å². The smallest absolute Gasteiger partial charge is 0.162 e. The Labute approximate surface area is 157 Å². The number of aromatic nitrogens is 2. The van der Waals surface area contributed by atoms with Crippen molar-refractivity contribution in [2.24, 2.45) is 4.99 Å². The fraction of sp³-hybridized carbons (Fsp3) is 0.182. The van der Waals surface area contributed by atoms with Crippen LogP contribution in [0.2, 0.25) is 0 Å². The van der Waals surface area contributed by atoms with E-state index in [9.17, 15) is 4.79 Å². The molecule has 2 N–H and O–H groups in total. The fourth-order valence-corrected chi connectivity index (χ4v) is 3.55. The summed E-state index contributed by atoms with van der Waals surface area (Å²) in [4.78, 5) is 23.8. The summed E-state index contributed by atoms with van der Waals surface area (Å²) in [6, 6.07) is 9.88. The molecule has 4 rings (SSSR count). The predicted octanol–water partition coefficient (Wildman–Crippen LogP) is 4.69. The van der Waals surface area contributed by atoms with Gasteiger partial charge in [0.05, 0.1) is 24.1 Å². The van der Waals surface area contributed by atoms with Gasteiger partial charge in [-0.3, -0.25) is 4.79 Å². The van der Waals surface area contributed by atoms with Crippen LogP contribution in [-0.2, 0) is 4.74 Å². The molecule has 1 aliphatic rings. The molecular formula is C22H21N3O2. The number of aromatic amines is 2. The first kappa shape index (κ1) is 17.1. The molecule has 0 aliphatic carbocycles. The van der Waals surface area contributed by atoms with E-state index < -0.39 is 0 Å². The fourth-order valence-electron chi connectivity index (χ4n) is 3.55. The minimum Gasteiger partial charge on any atom is -0.494 e. The van der Waals surface area contributed by atoms with E-state index in [0.717, 1.165) is 39.2 Å². The highest BCUT2D eigenvalue weighted by atomic mass is 16.5. The van der Waals surface area contributed by atoms with Gasteiger partial charge in [-0.15, -0.1) is 0 Å². The Kier molecular flexibility index (Phi) is 4.07. The van der Waals surface area contributed by atoms with Crippen molar-refractivity contribution in [2.75, 3.05) is 7.11 Å². The van der Waals surface area contributed by atoms with Gasteiger partial charge < -0.3 is 14.7 Å². The number of hydrogen-bond donors (Lipinski definition) is 2. The maximum Gasteiger partial charge on any atom is 0.162 e. The lowest BCUT2D eigenvalue weighted by molar-refractivity contribution is 0.101. The van der Waals surface area contributed by atoms with Crippen molar-refractivity contribution in [1.82, 2.24) is 9.97 Å². The zero-order chi connectivity index (χ0) is 19.1. The second-order valence-electron chi connectivity index (χ2n) is 6.77. The molecule has 0 spiro atoms. The van der Waals surface area contributed by atoms with Crippen molar-refractivity contribution < 1.29 is 9.53 Å². The molecule has 0 atom stereocenters. The molecule has 0 saturated carbocycles. The third-order valence-corrected chi connectivity index (χ3v) is 4.77. The number of para-hydroxylation sites is 1. The first-order chi connectivity index (χ1) is 13.0. The summed E-state index contributed by atoms with van der Waals surface area (Å²) in [6.07, 6.45) is 3.84. The molecule has 0 amide bonds. The summed E-state index contributed by atoms with van der Waals surface area (Å²) in [5.74, 6) is 0.676. The average molecular weight is 359 g/mol. The highest BCUT2D eigenvalue weighted by molar-refractivity contribution is 6.21. The van der Waals surface area contributed by atoms with Gasteiger partial charge in [-0.1, -0.05) is 18.2 Å². The summed E-state index contributed by atoms with van der Waals surface area (Å²) in [5.41, 5.74) is 6.96. The number of ether oxygens (including phenoxy) is 1. The normalized spacial score (nSPS) is 15.3. The van der Waals surface area contributed by atoms with Crippen LogP contribution < -0.4 is 0 Å². The molecule has 0 unspecified atom stereocenters. The lowest BCUT2D eigenvalue weighted by atomic mass is 10.0. The SMILES string of the molecule is COC1=CC(c2[nH]c3ccccc3c2C(C)=O)=N/C1=C\c1[nH]c(C)cc1C. The number of rotatable bonds is 4. The maximum atomic E-state index is 12.3. The van der Waals surface area contributed by atoms with Crippen LogP contribution in [-0.4, -0.2) is 28.6 Å². The molecule has 0 bridgehead atoms. The Balaban J connectivity index is 1.87. The quantitative estimate of drug-likeness (QED) is 0.664. The number of allylic oxidation sites excluding steroid dienone is 1. The van der Waals surface area contributed by atoms with E-state index in [2.05, 4.69) is 23.0 Å². The summed E-state index contributed by atoms with van der Waals surface area (Å²) >= 11 is 0. The second kappa shape index (κ2) is 6.43. The van der Waals surface area contributed by atoms with Crippen molar-refractivity contribution >= 4 is 28.5 Å². The number of methoxy groups -OCH3 is 1. The number of hydrogen-bond acceptors (Lipinski definition) is 3. The topological polar surface area (TPSA) is 70.2 Å². The summed E-state index contributed by atoms with van der Waals surface area (Å²) < 4.78 is 5.53. The van der Waals surface area contributed by atoms with Crippen molar-refractivity contribution in [3.63, 3.8) is 0 Å². The number of Topliss-reactive ketones (excluding diaryl/α,β-unsaturated/α-hetero) is 1. The maximum absolute atomic E-state index is 12.3. The Hall–Kier alpha value is -3.34. The van der Waals surface area contributed by atoms with Crippen molar-refractivity contribution in [2.45, 2.75) is 20.8 Å². The van der Waals surface area contributed by atoms with Crippen molar-refractivity contribution in [1.29, 1.82) is 0 Å². The molecule has 0 fully saturated rings. The van der Waals surface area contributed by atoms with Gasteiger partial charge in [0.1, 0.15) is 11.5 Å². The van der Waals surface area contributed by atoms with Gasteiger partial charge in [0.25, 0.3) is 0 Å². The van der Waals surface area contributed by atoms with Gasteiger partial charge in [-0.2, -0.15) is 0 Å². The zero-order valence-electron chi connectivity index (χ0n) is 15.8. The number of H-pyrrole nitrogens is 2. The molecule has 0 saturated heterocycles. The van der Waals surface area contributed by atoms with Crippen LogP contribution in [0.15, 0.2) is 52.9 Å². The Morgan fingerprint density at radius 3 is 2.63 bits per heavy atom. The third-order valence-electron chi connectivity index (χ3n) is 4.77. The first-order valence-corrected chi connectivity index (χ1v) is 8.82. The van der Waals surface area contributed by atoms with Gasteiger partial charge in [-0.25, -0.2) is 4.99 Å². The highest BCUT2D eigenvalue weighted by Gasteiger charge is 2.23.